The Balaban J connectivity index is 2.42. The predicted molar refractivity (Wildman–Crippen MR) is 87.6 cm³/mol. The minimum Gasteiger partial charge on any atom is -0.357 e. The number of nitrogens with one attached hydrogen (secondary N) is 3. The number of carbonyl (C=O) groups excluding carboxylic acids is 2. The van der Waals surface area contributed by atoms with Crippen molar-refractivity contribution >= 4 is 17.8 Å². The summed E-state index contributed by atoms with van der Waals surface area (Å²) in [6, 6.07) is 0.214. The Morgan fingerprint density at radius 2 is 2.14 bits per heavy atom. The Kier molecular flexibility index (Phi) is 7.70. The van der Waals surface area contributed by atoms with Crippen LogP contribution < -0.4 is 16.0 Å². The summed E-state index contributed by atoms with van der Waals surface area (Å²) in [6.45, 7) is 8.25. The first-order valence-corrected chi connectivity index (χ1v) is 8.00. The summed E-state index contributed by atoms with van der Waals surface area (Å²) in [6.07, 6.45) is 1.38. The third-order valence-electron chi connectivity index (χ3n) is 3.52. The lowest BCUT2D eigenvalue weighted by Crippen LogP contribution is -2.51. The van der Waals surface area contributed by atoms with Crippen LogP contribution in [0.15, 0.2) is 4.99 Å². The zero-order valence-corrected chi connectivity index (χ0v) is 14.1. The van der Waals surface area contributed by atoms with Crippen LogP contribution in [0.25, 0.3) is 0 Å². The molecule has 0 radical (unpaired) electrons. The van der Waals surface area contributed by atoms with Gasteiger partial charge in [0.1, 0.15) is 0 Å². The standard InChI is InChI=1S/C15H29N5O2/c1-5-16-15(18-9-8-17-14(22)11(2)3)19-12-6-7-13(21)20(4)10-12/h11-12H,5-10H2,1-4H3,(H,17,22)(H2,16,18,19). The van der Waals surface area contributed by atoms with Crippen LogP contribution >= 0.6 is 0 Å². The van der Waals surface area contributed by atoms with Crippen molar-refractivity contribution in [1.29, 1.82) is 0 Å². The minimum absolute atomic E-state index is 0.00865. The van der Waals surface area contributed by atoms with Crippen LogP contribution in [0.3, 0.4) is 0 Å². The minimum atomic E-state index is -0.00865. The molecule has 2 amide bonds. The molecule has 3 N–H and O–H groups in total. The number of likely N-dealkylation sites (tertiary alicyclic amines) is 1. The maximum Gasteiger partial charge on any atom is 0.222 e. The molecule has 0 aromatic carbocycles. The summed E-state index contributed by atoms with van der Waals surface area (Å²) in [5.74, 6) is 0.955. The number of nitrogens with zero attached hydrogens (tertiary/aromatic N) is 2. The van der Waals surface area contributed by atoms with Gasteiger partial charge in [0.15, 0.2) is 5.96 Å². The summed E-state index contributed by atoms with van der Waals surface area (Å²) in [7, 11) is 1.82. The number of carbonyl (C=O) groups is 2. The summed E-state index contributed by atoms with van der Waals surface area (Å²) >= 11 is 0. The van der Waals surface area contributed by atoms with E-state index in [4.69, 9.17) is 0 Å². The van der Waals surface area contributed by atoms with E-state index in [1.165, 1.54) is 0 Å². The average Bonchev–Trinajstić information content (AvgIpc) is 2.47. The first-order valence-electron chi connectivity index (χ1n) is 8.00. The maximum absolute atomic E-state index is 11.5. The van der Waals surface area contributed by atoms with Crippen molar-refractivity contribution in [1.82, 2.24) is 20.9 Å². The molecule has 0 spiro atoms. The van der Waals surface area contributed by atoms with Crippen LogP contribution in [0.1, 0.15) is 33.6 Å². The highest BCUT2D eigenvalue weighted by molar-refractivity contribution is 5.81. The Bertz CT molecular complexity index is 409. The lowest BCUT2D eigenvalue weighted by atomic mass is 10.1. The zero-order chi connectivity index (χ0) is 16.5. The molecule has 1 atom stereocenters. The van der Waals surface area contributed by atoms with Crippen molar-refractivity contribution in [2.45, 2.75) is 39.7 Å². The molecule has 0 bridgehead atoms. The fraction of sp³-hybridized carbons (Fsp3) is 0.800. The molecule has 0 aliphatic carbocycles. The average molecular weight is 311 g/mol. The first-order chi connectivity index (χ1) is 10.4. The van der Waals surface area contributed by atoms with Crippen LogP contribution in [-0.4, -0.2) is 61.9 Å². The summed E-state index contributed by atoms with van der Waals surface area (Å²) in [5, 5.41) is 9.38. The summed E-state index contributed by atoms with van der Waals surface area (Å²) in [5.41, 5.74) is 0. The first kappa shape index (κ1) is 18.3. The lowest BCUT2D eigenvalue weighted by Gasteiger charge is -2.31. The topological polar surface area (TPSA) is 85.8 Å². The van der Waals surface area contributed by atoms with E-state index in [1.807, 2.05) is 27.8 Å². The van der Waals surface area contributed by atoms with Gasteiger partial charge < -0.3 is 20.9 Å². The molecule has 126 valence electrons. The van der Waals surface area contributed by atoms with E-state index in [1.54, 1.807) is 4.90 Å². The van der Waals surface area contributed by atoms with Crippen LogP contribution in [0, 0.1) is 5.92 Å². The number of likely N-dealkylation sites (N-methyl/N-ethyl adjacent to an activating group) is 1. The second-order valence-electron chi connectivity index (χ2n) is 5.86. The number of aliphatic imine (C=N–C) groups is 1. The van der Waals surface area contributed by atoms with Gasteiger partial charge in [0.2, 0.25) is 11.8 Å². The highest BCUT2D eigenvalue weighted by Crippen LogP contribution is 2.09. The molecule has 1 unspecified atom stereocenters. The molecule has 7 nitrogen and oxygen atoms in total. The van der Waals surface area contributed by atoms with Gasteiger partial charge in [-0.1, -0.05) is 13.8 Å². The maximum atomic E-state index is 11.5. The molecule has 1 saturated heterocycles. The van der Waals surface area contributed by atoms with Crippen LogP contribution in [0.2, 0.25) is 0 Å². The van der Waals surface area contributed by atoms with Crippen LogP contribution in [0.4, 0.5) is 0 Å². The third-order valence-corrected chi connectivity index (χ3v) is 3.52. The molecule has 0 aromatic heterocycles. The highest BCUT2D eigenvalue weighted by Gasteiger charge is 2.23. The van der Waals surface area contributed by atoms with E-state index in [0.29, 0.717) is 26.1 Å². The van der Waals surface area contributed by atoms with Crippen LogP contribution in [-0.2, 0) is 9.59 Å². The van der Waals surface area contributed by atoms with Gasteiger partial charge in [-0.15, -0.1) is 0 Å². The molecule has 1 aliphatic heterocycles. The predicted octanol–water partition coefficient (Wildman–Crippen LogP) is -0.0655. The molecule has 1 fully saturated rings. The van der Waals surface area contributed by atoms with Gasteiger partial charge in [-0.05, 0) is 13.3 Å². The zero-order valence-electron chi connectivity index (χ0n) is 14.1. The number of guanidine groups is 1. The van der Waals surface area contributed by atoms with E-state index in [2.05, 4.69) is 20.9 Å². The molecule has 22 heavy (non-hydrogen) atoms. The van der Waals surface area contributed by atoms with Crippen molar-refractivity contribution in [2.75, 3.05) is 33.2 Å². The Labute approximate surface area is 132 Å². The number of amides is 2. The summed E-state index contributed by atoms with van der Waals surface area (Å²) in [4.78, 5) is 29.2. The Hall–Kier alpha value is -1.79. The van der Waals surface area contributed by atoms with Gasteiger partial charge in [0, 0.05) is 45.1 Å². The van der Waals surface area contributed by atoms with Crippen molar-refractivity contribution in [3.63, 3.8) is 0 Å². The number of hydrogen-bond donors (Lipinski definition) is 3. The molecule has 1 rings (SSSR count). The van der Waals surface area contributed by atoms with Gasteiger partial charge in [-0.3, -0.25) is 14.6 Å². The van der Waals surface area contributed by atoms with Gasteiger partial charge in [-0.2, -0.15) is 0 Å². The number of hydrogen-bond acceptors (Lipinski definition) is 3. The molecule has 1 heterocycles. The van der Waals surface area contributed by atoms with E-state index in [-0.39, 0.29) is 23.8 Å². The monoisotopic (exact) mass is 311 g/mol. The van der Waals surface area contributed by atoms with Crippen molar-refractivity contribution in [3.8, 4) is 0 Å². The number of piperidine rings is 1. The van der Waals surface area contributed by atoms with Crippen molar-refractivity contribution < 1.29 is 9.59 Å². The van der Waals surface area contributed by atoms with Gasteiger partial charge in [-0.25, -0.2) is 0 Å². The Morgan fingerprint density at radius 3 is 2.73 bits per heavy atom. The van der Waals surface area contributed by atoms with Crippen molar-refractivity contribution in [3.05, 3.63) is 0 Å². The quantitative estimate of drug-likeness (QED) is 0.364. The van der Waals surface area contributed by atoms with E-state index in [0.717, 1.165) is 18.9 Å². The molecular weight excluding hydrogens is 282 g/mol. The van der Waals surface area contributed by atoms with E-state index >= 15 is 0 Å². The van der Waals surface area contributed by atoms with E-state index < -0.39 is 0 Å². The van der Waals surface area contributed by atoms with E-state index in [9.17, 15) is 9.59 Å². The SMILES string of the molecule is CCNC(=NCCNC(=O)C(C)C)NC1CCC(=O)N(C)C1. The number of rotatable bonds is 6. The molecule has 1 aliphatic rings. The fourth-order valence-corrected chi connectivity index (χ4v) is 2.19. The second-order valence-corrected chi connectivity index (χ2v) is 5.86. The molecular formula is C15H29N5O2. The van der Waals surface area contributed by atoms with Crippen LogP contribution in [0.5, 0.6) is 0 Å². The van der Waals surface area contributed by atoms with Gasteiger partial charge >= 0.3 is 0 Å². The fourth-order valence-electron chi connectivity index (χ4n) is 2.19. The second kappa shape index (κ2) is 9.27. The normalized spacial score (nSPS) is 19.3. The lowest BCUT2D eigenvalue weighted by molar-refractivity contribution is -0.132. The Morgan fingerprint density at radius 1 is 1.41 bits per heavy atom. The van der Waals surface area contributed by atoms with Crippen molar-refractivity contribution in [2.24, 2.45) is 10.9 Å². The summed E-state index contributed by atoms with van der Waals surface area (Å²) < 4.78 is 0. The smallest absolute Gasteiger partial charge is 0.222 e. The third kappa shape index (κ3) is 6.32. The molecule has 0 saturated carbocycles. The van der Waals surface area contributed by atoms with Gasteiger partial charge in [0.25, 0.3) is 0 Å². The molecule has 7 heteroatoms. The highest BCUT2D eigenvalue weighted by atomic mass is 16.2. The largest absolute Gasteiger partial charge is 0.357 e. The van der Waals surface area contributed by atoms with Gasteiger partial charge in [0.05, 0.1) is 6.54 Å². The molecule has 0 aromatic rings.